The molecule has 1 heterocycles. The average molecular weight is 1340 g/mol. The highest BCUT2D eigenvalue weighted by Gasteiger charge is 2.46. The Hall–Kier alpha value is -7.44. The zero-order valence-corrected chi connectivity index (χ0v) is 61.5. The summed E-state index contributed by atoms with van der Waals surface area (Å²) in [5.41, 5.74) is 0.777. The van der Waals surface area contributed by atoms with E-state index in [4.69, 9.17) is 4.74 Å². The van der Waals surface area contributed by atoms with Gasteiger partial charge in [-0.25, -0.2) is 4.79 Å². The van der Waals surface area contributed by atoms with Crippen molar-refractivity contribution in [3.05, 3.63) is 47.7 Å². The molecule has 0 aromatic heterocycles. The van der Waals surface area contributed by atoms with E-state index in [1.54, 1.807) is 59.7 Å². The van der Waals surface area contributed by atoms with Gasteiger partial charge in [0.25, 0.3) is 5.91 Å². The molecule has 536 valence electrons. The first-order valence-electron chi connectivity index (χ1n) is 33.6. The van der Waals surface area contributed by atoms with Crippen molar-refractivity contribution >= 4 is 70.9 Å². The van der Waals surface area contributed by atoms with Crippen molar-refractivity contribution < 1.29 is 67.4 Å². The van der Waals surface area contributed by atoms with Gasteiger partial charge in [0.2, 0.25) is 59.1 Å². The van der Waals surface area contributed by atoms with Crippen molar-refractivity contribution in [1.29, 1.82) is 0 Å². The second-order valence-corrected chi connectivity index (χ2v) is 28.4. The van der Waals surface area contributed by atoms with Gasteiger partial charge < -0.3 is 65.4 Å². The highest BCUT2D eigenvalue weighted by molar-refractivity contribution is 6.02. The number of aliphatic hydroxyl groups excluding tert-OH is 1. The third kappa shape index (κ3) is 22.9. The number of nitrogens with one attached hydrogen (secondary N) is 4. The van der Waals surface area contributed by atoms with Gasteiger partial charge in [0.05, 0.1) is 18.8 Å². The molecular weight excluding hydrogens is 1220 g/mol. The zero-order valence-electron chi connectivity index (χ0n) is 61.5. The maximum atomic E-state index is 15.4. The number of aliphatic hydroxyl groups is 1. The first kappa shape index (κ1) is 83.6. The average Bonchev–Trinajstić information content (AvgIpc) is 0.810. The summed E-state index contributed by atoms with van der Waals surface area (Å²) in [5, 5.41) is 23.5. The Morgan fingerprint density at radius 3 is 1.46 bits per heavy atom. The van der Waals surface area contributed by atoms with Crippen LogP contribution >= 0.6 is 0 Å². The monoisotopic (exact) mass is 1340 g/mol. The fraction of sp³-hybridized carbons (Fsp3) is 0.714. The molecule has 1 aromatic rings. The fourth-order valence-corrected chi connectivity index (χ4v) is 12.0. The number of amides is 11. The Morgan fingerprint density at radius 1 is 0.526 bits per heavy atom. The van der Waals surface area contributed by atoms with Crippen LogP contribution in [0.3, 0.4) is 0 Å². The van der Waals surface area contributed by atoms with Gasteiger partial charge in [-0.3, -0.25) is 52.7 Å². The van der Waals surface area contributed by atoms with Gasteiger partial charge in [0.1, 0.15) is 66.1 Å². The van der Waals surface area contributed by atoms with Crippen molar-refractivity contribution in [1.82, 2.24) is 55.6 Å². The van der Waals surface area contributed by atoms with E-state index in [2.05, 4.69) is 27.8 Å². The van der Waals surface area contributed by atoms with Crippen LogP contribution in [0.15, 0.2) is 36.5 Å². The first-order chi connectivity index (χ1) is 44.0. The van der Waals surface area contributed by atoms with Crippen molar-refractivity contribution in [2.24, 2.45) is 41.4 Å². The Labute approximate surface area is 565 Å². The van der Waals surface area contributed by atoms with Crippen LogP contribution in [0.5, 0.6) is 0 Å². The number of benzene rings is 1. The standard InChI is InChI=1S/C70H117N11O14/c1-26-50-65(89)75(18)47(17)64(88)76(19)52(34-39(4)5)61(85)74-55(42(10)11)68(92)77(20)51(33-38(2)3)60(84)71-45(15)59(83)72-46(16)63(87)78(21)53(35-40(6)7)66(90)79(22)54(36-41(8)9)67(91)80(23)56(43(12)13)69(93)81(24)57(62(86)73-50)58(82)44(14)29-27-30-48-31-28-32-49(37-48)70(94)95-25/h28,31-32,37-46,50-58,82H,17,26-27,29-30,33-36H2,1-16,18-25H3,(H,71,84)(H,72,83)(H,73,86)(H,74,85)/t44-,45-,46+,50+,51-,52+,53+,54+,55-,56+,57+,58-/m1/s1. The van der Waals surface area contributed by atoms with Crippen LogP contribution in [0.1, 0.15) is 172 Å². The van der Waals surface area contributed by atoms with E-state index in [1.807, 2.05) is 61.5 Å². The fourth-order valence-electron chi connectivity index (χ4n) is 12.0. The highest BCUT2D eigenvalue weighted by Crippen LogP contribution is 2.27. The van der Waals surface area contributed by atoms with Gasteiger partial charge in [0, 0.05) is 49.3 Å². The highest BCUT2D eigenvalue weighted by atomic mass is 16.5. The molecule has 25 heteroatoms. The summed E-state index contributed by atoms with van der Waals surface area (Å²) >= 11 is 0. The lowest BCUT2D eigenvalue weighted by Crippen LogP contribution is -2.63. The summed E-state index contributed by atoms with van der Waals surface area (Å²) < 4.78 is 4.91. The van der Waals surface area contributed by atoms with Gasteiger partial charge >= 0.3 is 5.97 Å². The van der Waals surface area contributed by atoms with E-state index < -0.39 is 155 Å². The predicted molar refractivity (Wildman–Crippen MR) is 364 cm³/mol. The minimum atomic E-state index is -1.71. The second kappa shape index (κ2) is 37.7. The van der Waals surface area contributed by atoms with Crippen molar-refractivity contribution in [3.8, 4) is 0 Å². The molecule has 0 aliphatic carbocycles. The second-order valence-electron chi connectivity index (χ2n) is 28.4. The van der Waals surface area contributed by atoms with E-state index in [0.717, 1.165) is 20.3 Å². The molecule has 12 atom stereocenters. The minimum absolute atomic E-state index is 0.0611. The molecule has 0 spiro atoms. The Bertz CT molecular complexity index is 2860. The van der Waals surface area contributed by atoms with E-state index in [-0.39, 0.29) is 61.5 Å². The minimum Gasteiger partial charge on any atom is -0.465 e. The van der Waals surface area contributed by atoms with E-state index in [1.165, 1.54) is 89.9 Å². The van der Waals surface area contributed by atoms with Crippen LogP contribution < -0.4 is 21.3 Å². The van der Waals surface area contributed by atoms with Gasteiger partial charge in [-0.1, -0.05) is 116 Å². The third-order valence-corrected chi connectivity index (χ3v) is 18.0. The summed E-state index contributed by atoms with van der Waals surface area (Å²) in [6, 6.07) is -6.03. The molecule has 0 saturated carbocycles. The van der Waals surface area contributed by atoms with Crippen molar-refractivity contribution in [2.75, 3.05) is 56.4 Å². The number of aryl methyl sites for hydroxylation is 1. The smallest absolute Gasteiger partial charge is 0.337 e. The van der Waals surface area contributed by atoms with Gasteiger partial charge in [-0.2, -0.15) is 0 Å². The quantitative estimate of drug-likeness (QED) is 0.0990. The number of methoxy groups -OCH3 is 1. The molecular formula is C70H117N11O14. The molecule has 0 bridgehead atoms. The molecule has 1 aliphatic heterocycles. The molecule has 11 amide bonds. The molecule has 95 heavy (non-hydrogen) atoms. The number of hydrogen-bond acceptors (Lipinski definition) is 14. The van der Waals surface area contributed by atoms with E-state index >= 15 is 19.2 Å². The van der Waals surface area contributed by atoms with E-state index in [9.17, 15) is 43.5 Å². The SMILES string of the molecule is C=C1C(=O)N(C)[C@@H](CC(C)C)C(=O)N[C@H](C(C)C)C(=O)N(C)[C@H](CC(C)C)C(=O)N[C@H](C)C(=O)N[C@@H](C)C(=O)N(C)[C@@H](CC(C)C)C(=O)N(C)[C@@H](CC(C)C)C(=O)N(C)[C@@H](C(C)C)C(=O)N(C)[C@@H]([C@H](O)[C@H](C)CCCc2cccc(C(=O)OC)c2)C(=O)N[C@@H](CC)C(=O)N1C. The molecule has 2 rings (SSSR count). The molecule has 1 fully saturated rings. The lowest BCUT2D eigenvalue weighted by molar-refractivity contribution is -0.157. The molecule has 1 saturated heterocycles. The number of esters is 1. The van der Waals surface area contributed by atoms with Gasteiger partial charge in [0.15, 0.2) is 0 Å². The number of hydrogen-bond donors (Lipinski definition) is 5. The lowest BCUT2D eigenvalue weighted by atomic mass is 9.89. The molecule has 0 radical (unpaired) electrons. The molecule has 0 unspecified atom stereocenters. The van der Waals surface area contributed by atoms with Crippen LogP contribution in [-0.2, 0) is 63.9 Å². The maximum absolute atomic E-state index is 15.4. The van der Waals surface area contributed by atoms with Crippen LogP contribution in [0, 0.1) is 41.4 Å². The molecule has 1 aliphatic rings. The van der Waals surface area contributed by atoms with Crippen LogP contribution in [0.2, 0.25) is 0 Å². The van der Waals surface area contributed by atoms with Crippen LogP contribution in [0.4, 0.5) is 0 Å². The summed E-state index contributed by atoms with van der Waals surface area (Å²) in [7, 11) is 11.0. The largest absolute Gasteiger partial charge is 0.465 e. The normalized spacial score (nSPS) is 25.1. The Balaban J connectivity index is 3.02. The number of ether oxygens (including phenoxy) is 1. The topological polar surface area (TPSA) is 305 Å². The number of carbonyl (C=O) groups is 12. The Kier molecular flexibility index (Phi) is 33.2. The summed E-state index contributed by atoms with van der Waals surface area (Å²) in [4.78, 5) is 183. The number of nitrogens with zero attached hydrogens (tertiary/aromatic N) is 7. The van der Waals surface area contributed by atoms with Gasteiger partial charge in [-0.15, -0.1) is 0 Å². The molecule has 25 nitrogen and oxygen atoms in total. The summed E-state index contributed by atoms with van der Waals surface area (Å²) in [6.07, 6.45) is 0.0246. The zero-order chi connectivity index (χ0) is 73.1. The van der Waals surface area contributed by atoms with Crippen LogP contribution in [-0.4, -0.2) is 233 Å². The summed E-state index contributed by atoms with van der Waals surface area (Å²) in [5.74, 6) is -11.2. The lowest BCUT2D eigenvalue weighted by Gasteiger charge is -2.41. The summed E-state index contributed by atoms with van der Waals surface area (Å²) in [6.45, 7) is 31.8. The third-order valence-electron chi connectivity index (χ3n) is 18.0. The first-order valence-corrected chi connectivity index (χ1v) is 33.6. The predicted octanol–water partition coefficient (Wildman–Crippen LogP) is 4.63. The number of carbonyl (C=O) groups excluding carboxylic acids is 12. The molecule has 5 N–H and O–H groups in total. The number of likely N-dealkylation sites (N-methyl/N-ethyl adjacent to an activating group) is 7. The van der Waals surface area contributed by atoms with Crippen LogP contribution in [0.25, 0.3) is 0 Å². The van der Waals surface area contributed by atoms with E-state index in [0.29, 0.717) is 24.8 Å². The van der Waals surface area contributed by atoms with Crippen molar-refractivity contribution in [3.63, 3.8) is 0 Å². The molecule has 1 aromatic carbocycles. The maximum Gasteiger partial charge on any atom is 0.337 e. The van der Waals surface area contributed by atoms with Crippen molar-refractivity contribution in [2.45, 2.75) is 229 Å². The van der Waals surface area contributed by atoms with Gasteiger partial charge in [-0.05, 0) is 124 Å². The Morgan fingerprint density at radius 2 is 0.979 bits per heavy atom. The number of rotatable bonds is 18.